The van der Waals surface area contributed by atoms with Gasteiger partial charge in [0.2, 0.25) is 0 Å². The molecule has 0 heterocycles. The van der Waals surface area contributed by atoms with E-state index in [1.54, 1.807) is 12.1 Å². The number of aliphatic hydroxyl groups is 1. The van der Waals surface area contributed by atoms with Gasteiger partial charge >= 0.3 is 0 Å². The van der Waals surface area contributed by atoms with Crippen LogP contribution in [0.5, 0.6) is 0 Å². The molecule has 0 unspecified atom stereocenters. The number of halogens is 2. The van der Waals surface area contributed by atoms with Crippen LogP contribution in [0.25, 0.3) is 11.1 Å². The van der Waals surface area contributed by atoms with E-state index in [1.807, 2.05) is 31.2 Å². The van der Waals surface area contributed by atoms with Crippen LogP contribution in [-0.2, 0) is 6.61 Å². The molecular formula is C15H14F2O. The van der Waals surface area contributed by atoms with Crippen molar-refractivity contribution in [2.75, 3.05) is 0 Å². The van der Waals surface area contributed by atoms with E-state index in [-0.39, 0.29) is 12.2 Å². The average molecular weight is 248 g/mol. The van der Waals surface area contributed by atoms with Gasteiger partial charge in [0.05, 0.1) is 6.61 Å². The number of hydrogen-bond donors (Lipinski definition) is 1. The quantitative estimate of drug-likeness (QED) is 0.867. The van der Waals surface area contributed by atoms with Crippen molar-refractivity contribution in [3.8, 4) is 11.1 Å². The Morgan fingerprint density at radius 2 is 1.78 bits per heavy atom. The fraction of sp³-hybridized carbons (Fsp3) is 0.200. The van der Waals surface area contributed by atoms with Gasteiger partial charge in [0.15, 0.2) is 0 Å². The Balaban J connectivity index is 2.60. The molecule has 0 spiro atoms. The minimum absolute atomic E-state index is 0.0316. The SMILES string of the molecule is Cc1ccccc1-c1ccc(CO)cc1C(F)F. The second-order valence-electron chi connectivity index (χ2n) is 4.20. The molecule has 0 bridgehead atoms. The Labute approximate surface area is 105 Å². The van der Waals surface area contributed by atoms with Gasteiger partial charge in [-0.05, 0) is 35.2 Å². The maximum atomic E-state index is 13.1. The Morgan fingerprint density at radius 1 is 1.06 bits per heavy atom. The summed E-state index contributed by atoms with van der Waals surface area (Å²) in [5.41, 5.74) is 2.76. The van der Waals surface area contributed by atoms with Gasteiger partial charge < -0.3 is 5.11 Å². The molecule has 1 N–H and O–H groups in total. The molecule has 0 aliphatic carbocycles. The minimum Gasteiger partial charge on any atom is -0.392 e. The van der Waals surface area contributed by atoms with Crippen molar-refractivity contribution in [2.24, 2.45) is 0 Å². The highest BCUT2D eigenvalue weighted by Gasteiger charge is 2.15. The molecule has 0 radical (unpaired) electrons. The van der Waals surface area contributed by atoms with Crippen LogP contribution in [0.1, 0.15) is 23.1 Å². The molecule has 0 aliphatic heterocycles. The first kappa shape index (κ1) is 12.7. The second kappa shape index (κ2) is 5.27. The minimum atomic E-state index is -2.55. The summed E-state index contributed by atoms with van der Waals surface area (Å²) in [5.74, 6) is 0. The lowest BCUT2D eigenvalue weighted by Crippen LogP contribution is -1.95. The first-order valence-electron chi connectivity index (χ1n) is 5.71. The summed E-state index contributed by atoms with van der Waals surface area (Å²) in [4.78, 5) is 0. The standard InChI is InChI=1S/C15H14F2O/c1-10-4-2-3-5-12(10)13-7-6-11(9-18)8-14(13)15(16)17/h2-8,15,18H,9H2,1H3. The summed E-state index contributed by atoms with van der Waals surface area (Å²) in [6, 6.07) is 12.1. The van der Waals surface area contributed by atoms with Gasteiger partial charge in [-0.2, -0.15) is 0 Å². The maximum absolute atomic E-state index is 13.1. The monoisotopic (exact) mass is 248 g/mol. The molecule has 94 valence electrons. The fourth-order valence-corrected chi connectivity index (χ4v) is 2.01. The molecule has 0 saturated heterocycles. The van der Waals surface area contributed by atoms with Crippen molar-refractivity contribution in [1.82, 2.24) is 0 Å². The normalized spacial score (nSPS) is 10.9. The van der Waals surface area contributed by atoms with Crippen LogP contribution in [0.15, 0.2) is 42.5 Å². The Bertz CT molecular complexity index is 550. The third-order valence-electron chi connectivity index (χ3n) is 2.97. The van der Waals surface area contributed by atoms with Gasteiger partial charge in [-0.1, -0.05) is 36.4 Å². The van der Waals surface area contributed by atoms with Gasteiger partial charge in [-0.3, -0.25) is 0 Å². The second-order valence-corrected chi connectivity index (χ2v) is 4.20. The van der Waals surface area contributed by atoms with E-state index in [4.69, 9.17) is 5.11 Å². The maximum Gasteiger partial charge on any atom is 0.264 e. The first-order valence-corrected chi connectivity index (χ1v) is 5.71. The molecule has 18 heavy (non-hydrogen) atoms. The molecule has 0 aliphatic rings. The predicted octanol–water partition coefficient (Wildman–Crippen LogP) is 4.09. The highest BCUT2D eigenvalue weighted by Crippen LogP contribution is 2.33. The molecule has 0 atom stereocenters. The van der Waals surface area contributed by atoms with E-state index >= 15 is 0 Å². The van der Waals surface area contributed by atoms with E-state index < -0.39 is 6.43 Å². The summed E-state index contributed by atoms with van der Waals surface area (Å²) >= 11 is 0. The number of aryl methyl sites for hydroxylation is 1. The van der Waals surface area contributed by atoms with Crippen molar-refractivity contribution >= 4 is 0 Å². The summed E-state index contributed by atoms with van der Waals surface area (Å²) in [5, 5.41) is 9.01. The zero-order chi connectivity index (χ0) is 13.1. The van der Waals surface area contributed by atoms with E-state index in [0.717, 1.165) is 11.1 Å². The Kier molecular flexibility index (Phi) is 3.72. The molecule has 2 aromatic rings. The zero-order valence-corrected chi connectivity index (χ0v) is 10.0. The number of alkyl halides is 2. The average Bonchev–Trinajstić information content (AvgIpc) is 2.38. The van der Waals surface area contributed by atoms with Crippen molar-refractivity contribution in [3.05, 3.63) is 59.2 Å². The van der Waals surface area contributed by atoms with Crippen LogP contribution in [0, 0.1) is 6.92 Å². The highest BCUT2D eigenvalue weighted by atomic mass is 19.3. The summed E-state index contributed by atoms with van der Waals surface area (Å²) in [6.07, 6.45) is -2.55. The van der Waals surface area contributed by atoms with E-state index in [1.165, 1.54) is 6.07 Å². The fourth-order valence-electron chi connectivity index (χ4n) is 2.01. The highest BCUT2D eigenvalue weighted by molar-refractivity contribution is 5.71. The van der Waals surface area contributed by atoms with Gasteiger partial charge in [0.1, 0.15) is 0 Å². The zero-order valence-electron chi connectivity index (χ0n) is 10.0. The van der Waals surface area contributed by atoms with Crippen LogP contribution >= 0.6 is 0 Å². The van der Waals surface area contributed by atoms with Gasteiger partial charge in [0, 0.05) is 5.56 Å². The lowest BCUT2D eigenvalue weighted by atomic mass is 9.95. The summed E-state index contributed by atoms with van der Waals surface area (Å²) in [7, 11) is 0. The molecule has 0 aromatic heterocycles. The number of hydrogen-bond acceptors (Lipinski definition) is 1. The van der Waals surface area contributed by atoms with Crippen molar-refractivity contribution in [3.63, 3.8) is 0 Å². The molecule has 2 rings (SSSR count). The van der Waals surface area contributed by atoms with E-state index in [0.29, 0.717) is 11.1 Å². The van der Waals surface area contributed by atoms with Crippen LogP contribution in [0.3, 0.4) is 0 Å². The molecule has 1 nitrogen and oxygen atoms in total. The van der Waals surface area contributed by atoms with Crippen LogP contribution in [0.4, 0.5) is 8.78 Å². The van der Waals surface area contributed by atoms with Gasteiger partial charge in [-0.25, -0.2) is 8.78 Å². The third kappa shape index (κ3) is 2.41. The summed E-state index contributed by atoms with van der Waals surface area (Å²) < 4.78 is 26.2. The molecule has 0 fully saturated rings. The first-order chi connectivity index (χ1) is 8.63. The molecule has 3 heteroatoms. The molecule has 0 amide bonds. The third-order valence-corrected chi connectivity index (χ3v) is 2.97. The molecular weight excluding hydrogens is 234 g/mol. The summed E-state index contributed by atoms with van der Waals surface area (Å²) in [6.45, 7) is 1.66. The topological polar surface area (TPSA) is 20.2 Å². The largest absolute Gasteiger partial charge is 0.392 e. The lowest BCUT2D eigenvalue weighted by Gasteiger charge is -2.12. The van der Waals surface area contributed by atoms with Crippen LogP contribution in [-0.4, -0.2) is 5.11 Å². The number of aliphatic hydroxyl groups excluding tert-OH is 1. The molecule has 0 saturated carbocycles. The van der Waals surface area contributed by atoms with Crippen molar-refractivity contribution in [1.29, 1.82) is 0 Å². The smallest absolute Gasteiger partial charge is 0.264 e. The van der Waals surface area contributed by atoms with Crippen molar-refractivity contribution < 1.29 is 13.9 Å². The predicted molar refractivity (Wildman–Crippen MR) is 67.5 cm³/mol. The number of rotatable bonds is 3. The number of benzene rings is 2. The van der Waals surface area contributed by atoms with E-state index in [2.05, 4.69) is 0 Å². The van der Waals surface area contributed by atoms with E-state index in [9.17, 15) is 8.78 Å². The van der Waals surface area contributed by atoms with Gasteiger partial charge in [-0.15, -0.1) is 0 Å². The van der Waals surface area contributed by atoms with Crippen LogP contribution in [0.2, 0.25) is 0 Å². The van der Waals surface area contributed by atoms with Gasteiger partial charge in [0.25, 0.3) is 6.43 Å². The lowest BCUT2D eigenvalue weighted by molar-refractivity contribution is 0.151. The Morgan fingerprint density at radius 3 is 2.39 bits per heavy atom. The Hall–Kier alpha value is -1.74. The van der Waals surface area contributed by atoms with Crippen molar-refractivity contribution in [2.45, 2.75) is 20.0 Å². The molecule has 2 aromatic carbocycles. The van der Waals surface area contributed by atoms with Crippen LogP contribution < -0.4 is 0 Å².